The highest BCUT2D eigenvalue weighted by Gasteiger charge is 2.08. The number of benzene rings is 2. The average molecular weight is 287 g/mol. The van der Waals surface area contributed by atoms with E-state index < -0.39 is 0 Å². The summed E-state index contributed by atoms with van der Waals surface area (Å²) in [5.74, 6) is 0. The average Bonchev–Trinajstić information content (AvgIpc) is 2.97. The molecule has 0 atom stereocenters. The maximum absolute atomic E-state index is 9.36. The van der Waals surface area contributed by atoms with Crippen LogP contribution < -0.4 is 0 Å². The number of para-hydroxylation sites is 1. The van der Waals surface area contributed by atoms with Crippen LogP contribution in [0.5, 0.6) is 0 Å². The minimum atomic E-state index is 0.529. The third-order valence-electron chi connectivity index (χ3n) is 3.00. The molecule has 0 spiro atoms. The highest BCUT2D eigenvalue weighted by Crippen LogP contribution is 2.27. The van der Waals surface area contributed by atoms with Gasteiger partial charge in [-0.25, -0.2) is 4.98 Å². The van der Waals surface area contributed by atoms with Crippen LogP contribution in [0, 0.1) is 22.7 Å². The van der Waals surface area contributed by atoms with E-state index in [1.54, 1.807) is 18.2 Å². The quantitative estimate of drug-likeness (QED) is 0.662. The predicted molar refractivity (Wildman–Crippen MR) is 84.3 cm³/mol. The fraction of sp³-hybridized carbons (Fsp3) is 0. The Kier molecular flexibility index (Phi) is 3.47. The molecule has 1 heterocycles. The molecule has 0 N–H and O–H groups in total. The zero-order valence-corrected chi connectivity index (χ0v) is 11.8. The molecule has 0 amide bonds. The normalized spacial score (nSPS) is 11.0. The summed E-state index contributed by atoms with van der Waals surface area (Å²) in [6.07, 6.45) is 1.79. The molecule has 0 saturated heterocycles. The van der Waals surface area contributed by atoms with Crippen molar-refractivity contribution in [2.45, 2.75) is 0 Å². The molecule has 3 rings (SSSR count). The van der Waals surface area contributed by atoms with Crippen LogP contribution in [0.2, 0.25) is 0 Å². The van der Waals surface area contributed by atoms with Gasteiger partial charge in [-0.05, 0) is 35.9 Å². The van der Waals surface area contributed by atoms with E-state index in [2.05, 4.69) is 17.1 Å². The van der Waals surface area contributed by atoms with Gasteiger partial charge in [-0.3, -0.25) is 0 Å². The molecule has 0 aliphatic carbocycles. The maximum atomic E-state index is 9.36. The van der Waals surface area contributed by atoms with Crippen LogP contribution in [0.3, 0.4) is 0 Å². The molecule has 0 aliphatic rings. The lowest BCUT2D eigenvalue weighted by Crippen LogP contribution is -1.81. The molecule has 0 fully saturated rings. The van der Waals surface area contributed by atoms with Gasteiger partial charge < -0.3 is 0 Å². The number of allylic oxidation sites excluding steroid dienone is 1. The number of fused-ring (bicyclic) bond motifs is 1. The van der Waals surface area contributed by atoms with E-state index in [0.29, 0.717) is 16.1 Å². The van der Waals surface area contributed by atoms with Crippen molar-refractivity contribution in [1.82, 2.24) is 4.98 Å². The molecule has 0 saturated carbocycles. The van der Waals surface area contributed by atoms with E-state index in [1.807, 2.05) is 36.4 Å². The van der Waals surface area contributed by atoms with Crippen molar-refractivity contribution in [2.24, 2.45) is 0 Å². The largest absolute Gasteiger partial charge is 0.235 e. The Morgan fingerprint density at radius 3 is 2.48 bits per heavy atom. The number of hydrogen-bond acceptors (Lipinski definition) is 4. The van der Waals surface area contributed by atoms with E-state index in [1.165, 1.54) is 11.3 Å². The molecule has 3 aromatic rings. The summed E-state index contributed by atoms with van der Waals surface area (Å²) in [4.78, 5) is 4.49. The van der Waals surface area contributed by atoms with Crippen LogP contribution in [-0.2, 0) is 0 Å². The van der Waals surface area contributed by atoms with Gasteiger partial charge in [0.2, 0.25) is 0 Å². The highest BCUT2D eigenvalue weighted by atomic mass is 32.1. The van der Waals surface area contributed by atoms with Gasteiger partial charge in [0.25, 0.3) is 0 Å². The van der Waals surface area contributed by atoms with Gasteiger partial charge in [0.15, 0.2) is 0 Å². The van der Waals surface area contributed by atoms with Crippen molar-refractivity contribution in [1.29, 1.82) is 10.5 Å². The Morgan fingerprint density at radius 1 is 1.05 bits per heavy atom. The molecule has 98 valence electrons. The minimum Gasteiger partial charge on any atom is -0.235 e. The number of rotatable bonds is 2. The summed E-state index contributed by atoms with van der Waals surface area (Å²) in [5, 5.41) is 18.9. The smallest absolute Gasteiger partial charge is 0.135 e. The summed E-state index contributed by atoms with van der Waals surface area (Å²) in [5.41, 5.74) is 2.91. The van der Waals surface area contributed by atoms with Gasteiger partial charge in [0.05, 0.1) is 27.4 Å². The highest BCUT2D eigenvalue weighted by molar-refractivity contribution is 7.19. The lowest BCUT2D eigenvalue weighted by atomic mass is 10.1. The molecule has 0 radical (unpaired) electrons. The molecule has 0 bridgehead atoms. The third-order valence-corrected chi connectivity index (χ3v) is 4.07. The van der Waals surface area contributed by atoms with Crippen molar-refractivity contribution < 1.29 is 0 Å². The lowest BCUT2D eigenvalue weighted by Gasteiger charge is -1.95. The van der Waals surface area contributed by atoms with Crippen LogP contribution >= 0.6 is 11.3 Å². The first-order valence-corrected chi connectivity index (χ1v) is 7.10. The van der Waals surface area contributed by atoms with Crippen LogP contribution in [0.1, 0.15) is 16.1 Å². The zero-order chi connectivity index (χ0) is 14.7. The Hall–Kier alpha value is -2.95. The number of thiazole rings is 1. The second kappa shape index (κ2) is 5.58. The van der Waals surface area contributed by atoms with Crippen LogP contribution in [0.4, 0.5) is 0 Å². The van der Waals surface area contributed by atoms with Crippen molar-refractivity contribution in [3.05, 3.63) is 64.7 Å². The SMILES string of the molecule is N#C/C(=C/c1ccc(C#N)cc1)c1nc2ccccc2s1. The van der Waals surface area contributed by atoms with Gasteiger partial charge in [-0.15, -0.1) is 11.3 Å². The molecule has 4 heteroatoms. The molecule has 1 aromatic heterocycles. The summed E-state index contributed by atoms with van der Waals surface area (Å²) in [6, 6.07) is 19.2. The van der Waals surface area contributed by atoms with Gasteiger partial charge in [0.1, 0.15) is 11.1 Å². The molecule has 21 heavy (non-hydrogen) atoms. The van der Waals surface area contributed by atoms with Crippen molar-refractivity contribution >= 4 is 33.2 Å². The Labute approximate surface area is 126 Å². The summed E-state index contributed by atoms with van der Waals surface area (Å²) < 4.78 is 1.06. The van der Waals surface area contributed by atoms with Crippen molar-refractivity contribution in [3.8, 4) is 12.1 Å². The van der Waals surface area contributed by atoms with Crippen LogP contribution in [0.15, 0.2) is 48.5 Å². The van der Waals surface area contributed by atoms with E-state index in [-0.39, 0.29) is 0 Å². The molecule has 0 aliphatic heterocycles. The minimum absolute atomic E-state index is 0.529. The van der Waals surface area contributed by atoms with E-state index >= 15 is 0 Å². The van der Waals surface area contributed by atoms with E-state index in [4.69, 9.17) is 5.26 Å². The van der Waals surface area contributed by atoms with Crippen LogP contribution in [0.25, 0.3) is 21.9 Å². The van der Waals surface area contributed by atoms with E-state index in [9.17, 15) is 5.26 Å². The number of nitriles is 2. The number of aromatic nitrogens is 1. The third kappa shape index (κ3) is 2.67. The summed E-state index contributed by atoms with van der Waals surface area (Å²) >= 11 is 1.50. The first-order valence-electron chi connectivity index (χ1n) is 6.28. The monoisotopic (exact) mass is 287 g/mol. The van der Waals surface area contributed by atoms with Gasteiger partial charge in [-0.1, -0.05) is 24.3 Å². The molecular formula is C17H9N3S. The van der Waals surface area contributed by atoms with Crippen LogP contribution in [-0.4, -0.2) is 4.98 Å². The standard InChI is InChI=1S/C17H9N3S/c18-10-13-7-5-12(6-8-13)9-14(11-19)17-20-15-3-1-2-4-16(15)21-17/h1-9H/b14-9-. The molecule has 2 aromatic carbocycles. The fourth-order valence-corrected chi connectivity index (χ4v) is 2.88. The number of hydrogen-bond donors (Lipinski definition) is 0. The summed E-state index contributed by atoms with van der Waals surface area (Å²) in [7, 11) is 0. The Morgan fingerprint density at radius 2 is 1.81 bits per heavy atom. The summed E-state index contributed by atoms with van der Waals surface area (Å²) in [6.45, 7) is 0. The lowest BCUT2D eigenvalue weighted by molar-refractivity contribution is 1.43. The van der Waals surface area contributed by atoms with Crippen molar-refractivity contribution in [3.63, 3.8) is 0 Å². The predicted octanol–water partition coefficient (Wildman–Crippen LogP) is 4.23. The maximum Gasteiger partial charge on any atom is 0.135 e. The first-order chi connectivity index (χ1) is 10.3. The van der Waals surface area contributed by atoms with Gasteiger partial charge in [0, 0.05) is 0 Å². The molecule has 3 nitrogen and oxygen atoms in total. The van der Waals surface area contributed by atoms with Gasteiger partial charge >= 0.3 is 0 Å². The second-order valence-corrected chi connectivity index (χ2v) is 5.42. The second-order valence-electron chi connectivity index (χ2n) is 4.39. The zero-order valence-electron chi connectivity index (χ0n) is 10.9. The van der Waals surface area contributed by atoms with Gasteiger partial charge in [-0.2, -0.15) is 10.5 Å². The first kappa shape index (κ1) is 13.1. The molecular weight excluding hydrogens is 278 g/mol. The topological polar surface area (TPSA) is 60.5 Å². The molecule has 0 unspecified atom stereocenters. The van der Waals surface area contributed by atoms with Crippen molar-refractivity contribution in [2.75, 3.05) is 0 Å². The van der Waals surface area contributed by atoms with E-state index in [0.717, 1.165) is 15.8 Å². The Bertz CT molecular complexity index is 873. The fourth-order valence-electron chi connectivity index (χ4n) is 1.95. The Balaban J connectivity index is 2.02. The number of nitrogens with zero attached hydrogens (tertiary/aromatic N) is 3.